The summed E-state index contributed by atoms with van der Waals surface area (Å²) in [6.45, 7) is 1.90. The molecule has 8 heteroatoms. The number of benzene rings is 2. The van der Waals surface area contributed by atoms with Crippen molar-refractivity contribution in [3.63, 3.8) is 0 Å². The molecule has 0 saturated carbocycles. The fourth-order valence-electron chi connectivity index (χ4n) is 3.50. The zero-order valence-electron chi connectivity index (χ0n) is 15.9. The number of rotatable bonds is 4. The van der Waals surface area contributed by atoms with Crippen LogP contribution in [0.2, 0.25) is 0 Å². The van der Waals surface area contributed by atoms with E-state index in [1.165, 1.54) is 6.20 Å². The highest BCUT2D eigenvalue weighted by Gasteiger charge is 2.20. The van der Waals surface area contributed by atoms with Crippen LogP contribution in [-0.2, 0) is 0 Å². The fourth-order valence-corrected chi connectivity index (χ4v) is 3.95. The van der Waals surface area contributed by atoms with Gasteiger partial charge >= 0.3 is 0 Å². The highest BCUT2D eigenvalue weighted by molar-refractivity contribution is 7.98. The van der Waals surface area contributed by atoms with E-state index in [-0.39, 0.29) is 5.78 Å². The number of H-pyrrole nitrogens is 2. The van der Waals surface area contributed by atoms with Crippen molar-refractivity contribution in [2.45, 2.75) is 11.8 Å². The number of hydrogen-bond donors (Lipinski definition) is 3. The van der Waals surface area contributed by atoms with Crippen LogP contribution in [0.3, 0.4) is 0 Å². The van der Waals surface area contributed by atoms with Gasteiger partial charge < -0.3 is 15.7 Å². The van der Waals surface area contributed by atoms with Crippen LogP contribution >= 0.6 is 11.8 Å². The van der Waals surface area contributed by atoms with E-state index in [2.05, 4.69) is 26.1 Å². The van der Waals surface area contributed by atoms with Gasteiger partial charge in [0, 0.05) is 15.8 Å². The van der Waals surface area contributed by atoms with E-state index in [1.807, 2.05) is 49.6 Å². The van der Waals surface area contributed by atoms with Crippen LogP contribution in [0, 0.1) is 6.92 Å². The van der Waals surface area contributed by atoms with E-state index < -0.39 is 0 Å². The van der Waals surface area contributed by atoms with Crippen LogP contribution < -0.4 is 5.73 Å². The SMILES string of the molecule is CSc1ccc2[nH]c(C(=O)c3cnn(-c4ccc5nc(C)[nH]c5c4)c3N)cc2c1. The van der Waals surface area contributed by atoms with Gasteiger partial charge in [0.15, 0.2) is 0 Å². The number of aryl methyl sites for hydroxylation is 1. The predicted molar refractivity (Wildman–Crippen MR) is 116 cm³/mol. The lowest BCUT2D eigenvalue weighted by molar-refractivity contribution is 0.103. The van der Waals surface area contributed by atoms with Gasteiger partial charge in [0.2, 0.25) is 5.78 Å². The largest absolute Gasteiger partial charge is 0.383 e. The lowest BCUT2D eigenvalue weighted by atomic mass is 10.1. The summed E-state index contributed by atoms with van der Waals surface area (Å²) in [4.78, 5) is 25.0. The van der Waals surface area contributed by atoms with Gasteiger partial charge in [-0.25, -0.2) is 9.67 Å². The summed E-state index contributed by atoms with van der Waals surface area (Å²) in [5, 5.41) is 5.34. The number of anilines is 1. The minimum atomic E-state index is -0.186. The molecule has 0 saturated heterocycles. The number of ketones is 1. The number of thioether (sulfide) groups is 1. The Morgan fingerprint density at radius 3 is 2.79 bits per heavy atom. The highest BCUT2D eigenvalue weighted by Crippen LogP contribution is 2.26. The van der Waals surface area contributed by atoms with Crippen LogP contribution in [0.1, 0.15) is 21.9 Å². The number of nitrogen functional groups attached to an aromatic ring is 1. The number of aromatic amines is 2. The number of imidazole rings is 1. The van der Waals surface area contributed by atoms with Crippen LogP contribution in [0.25, 0.3) is 27.6 Å². The molecule has 0 amide bonds. The number of nitrogens with one attached hydrogen (secondary N) is 2. The van der Waals surface area contributed by atoms with Crippen molar-refractivity contribution in [1.29, 1.82) is 0 Å². The van der Waals surface area contributed by atoms with Crippen LogP contribution in [0.5, 0.6) is 0 Å². The first-order valence-corrected chi connectivity index (χ1v) is 10.3. The molecule has 2 aromatic carbocycles. The molecule has 0 spiro atoms. The first kappa shape index (κ1) is 17.6. The van der Waals surface area contributed by atoms with E-state index in [0.717, 1.165) is 38.3 Å². The summed E-state index contributed by atoms with van der Waals surface area (Å²) >= 11 is 1.66. The van der Waals surface area contributed by atoms with Crippen LogP contribution in [0.15, 0.2) is 53.6 Å². The Kier molecular flexibility index (Phi) is 3.95. The molecule has 3 aromatic heterocycles. The molecule has 4 N–H and O–H groups in total. The van der Waals surface area contributed by atoms with Crippen molar-refractivity contribution in [2.75, 3.05) is 12.0 Å². The molecule has 0 bridgehead atoms. The fraction of sp³-hybridized carbons (Fsp3) is 0.0952. The van der Waals surface area contributed by atoms with Crippen LogP contribution in [0.4, 0.5) is 5.82 Å². The molecule has 0 radical (unpaired) electrons. The summed E-state index contributed by atoms with van der Waals surface area (Å²) < 4.78 is 1.57. The minimum Gasteiger partial charge on any atom is -0.383 e. The Balaban J connectivity index is 1.53. The quantitative estimate of drug-likeness (QED) is 0.310. The van der Waals surface area contributed by atoms with Gasteiger partial charge in [0.1, 0.15) is 11.6 Å². The molecule has 0 fully saturated rings. The third-order valence-corrected chi connectivity index (χ3v) is 5.68. The van der Waals surface area contributed by atoms with E-state index >= 15 is 0 Å². The van der Waals surface area contributed by atoms with Crippen molar-refractivity contribution < 1.29 is 4.79 Å². The number of carbonyl (C=O) groups excluding carboxylic acids is 1. The van der Waals surface area contributed by atoms with E-state index in [1.54, 1.807) is 16.4 Å². The smallest absolute Gasteiger partial charge is 0.214 e. The zero-order chi connectivity index (χ0) is 20.1. The lowest BCUT2D eigenvalue weighted by Crippen LogP contribution is -2.07. The van der Waals surface area contributed by atoms with Crippen molar-refractivity contribution >= 4 is 45.3 Å². The second kappa shape index (κ2) is 6.52. The van der Waals surface area contributed by atoms with Crippen molar-refractivity contribution in [3.8, 4) is 5.69 Å². The molecular weight excluding hydrogens is 384 g/mol. The summed E-state index contributed by atoms with van der Waals surface area (Å²) in [6.07, 6.45) is 3.54. The Morgan fingerprint density at radius 2 is 1.97 bits per heavy atom. The van der Waals surface area contributed by atoms with Crippen molar-refractivity contribution in [2.24, 2.45) is 0 Å². The van der Waals surface area contributed by atoms with Gasteiger partial charge in [0.05, 0.1) is 34.2 Å². The monoisotopic (exact) mass is 402 g/mol. The van der Waals surface area contributed by atoms with E-state index in [0.29, 0.717) is 17.1 Å². The van der Waals surface area contributed by atoms with Crippen molar-refractivity contribution in [3.05, 3.63) is 65.7 Å². The molecule has 29 heavy (non-hydrogen) atoms. The standard InChI is InChI=1S/C21H18N6OS/c1-11-24-17-5-3-13(9-18(17)25-11)27-21(22)15(10-23-27)20(28)19-8-12-7-14(29-2)4-6-16(12)26-19/h3-10,26H,22H2,1-2H3,(H,24,25). The van der Waals surface area contributed by atoms with Gasteiger partial charge in [-0.2, -0.15) is 5.10 Å². The van der Waals surface area contributed by atoms with E-state index in [4.69, 9.17) is 5.73 Å². The van der Waals surface area contributed by atoms with Gasteiger partial charge in [-0.05, 0) is 55.6 Å². The second-order valence-corrected chi connectivity index (χ2v) is 7.72. The average Bonchev–Trinajstić information content (AvgIpc) is 3.41. The Hall–Kier alpha value is -3.52. The van der Waals surface area contributed by atoms with Crippen LogP contribution in [-0.4, -0.2) is 36.8 Å². The summed E-state index contributed by atoms with van der Waals surface area (Å²) in [5.74, 6) is 0.952. The molecule has 5 rings (SSSR count). The van der Waals surface area contributed by atoms with Gasteiger partial charge in [-0.3, -0.25) is 4.79 Å². The summed E-state index contributed by atoms with van der Waals surface area (Å²) in [6, 6.07) is 13.6. The molecule has 5 aromatic rings. The molecule has 7 nitrogen and oxygen atoms in total. The summed E-state index contributed by atoms with van der Waals surface area (Å²) in [5.41, 5.74) is 10.6. The third kappa shape index (κ3) is 2.89. The van der Waals surface area contributed by atoms with Gasteiger partial charge in [-0.1, -0.05) is 0 Å². The van der Waals surface area contributed by atoms with Gasteiger partial charge in [0.25, 0.3) is 0 Å². The first-order valence-electron chi connectivity index (χ1n) is 9.05. The number of carbonyl (C=O) groups is 1. The minimum absolute atomic E-state index is 0.186. The number of fused-ring (bicyclic) bond motifs is 2. The molecule has 3 heterocycles. The second-order valence-electron chi connectivity index (χ2n) is 6.84. The highest BCUT2D eigenvalue weighted by atomic mass is 32.2. The maximum atomic E-state index is 13.1. The molecule has 0 unspecified atom stereocenters. The Morgan fingerprint density at radius 1 is 1.10 bits per heavy atom. The zero-order valence-corrected chi connectivity index (χ0v) is 16.7. The van der Waals surface area contributed by atoms with Gasteiger partial charge in [-0.15, -0.1) is 11.8 Å². The normalized spacial score (nSPS) is 11.5. The molecule has 0 aliphatic heterocycles. The van der Waals surface area contributed by atoms with Crippen molar-refractivity contribution in [1.82, 2.24) is 24.7 Å². The lowest BCUT2D eigenvalue weighted by Gasteiger charge is -2.05. The molecule has 0 aliphatic rings. The predicted octanol–water partition coefficient (Wildman–Crippen LogP) is 4.07. The number of nitrogens with zero attached hydrogens (tertiary/aromatic N) is 3. The Bertz CT molecular complexity index is 1390. The number of aromatic nitrogens is 5. The molecule has 0 atom stereocenters. The number of nitrogens with two attached hydrogens (primary N) is 1. The maximum Gasteiger partial charge on any atom is 0.214 e. The molecular formula is C21H18N6OS. The molecule has 144 valence electrons. The maximum absolute atomic E-state index is 13.1. The van der Waals surface area contributed by atoms with E-state index in [9.17, 15) is 4.79 Å². The third-order valence-electron chi connectivity index (χ3n) is 4.95. The Labute approximate surface area is 170 Å². The average molecular weight is 402 g/mol. The topological polar surface area (TPSA) is 105 Å². The summed E-state index contributed by atoms with van der Waals surface area (Å²) in [7, 11) is 0. The number of hydrogen-bond acceptors (Lipinski definition) is 5. The first-order chi connectivity index (χ1) is 14.0. The molecule has 0 aliphatic carbocycles.